The van der Waals surface area contributed by atoms with Crippen LogP contribution in [0.2, 0.25) is 0 Å². The summed E-state index contributed by atoms with van der Waals surface area (Å²) in [5.74, 6) is -0.992. The molecule has 0 amide bonds. The van der Waals surface area contributed by atoms with Crippen molar-refractivity contribution in [2.24, 2.45) is 10.2 Å². The molecule has 1 aliphatic rings. The molecule has 30 heavy (non-hydrogen) atoms. The molecule has 0 bridgehead atoms. The molecule has 1 aromatic carbocycles. The van der Waals surface area contributed by atoms with Gasteiger partial charge in [-0.3, -0.25) is 10.1 Å². The van der Waals surface area contributed by atoms with E-state index < -0.39 is 41.4 Å². The number of ether oxygens (including phenoxy) is 2. The highest BCUT2D eigenvalue weighted by Gasteiger charge is 2.48. The number of nitro groups is 1. The van der Waals surface area contributed by atoms with Crippen LogP contribution < -0.4 is 0 Å². The number of alkyl halides is 1. The molecule has 0 aromatic heterocycles. The van der Waals surface area contributed by atoms with Gasteiger partial charge in [0.2, 0.25) is 0 Å². The summed E-state index contributed by atoms with van der Waals surface area (Å²) in [7, 11) is 0. The predicted molar refractivity (Wildman–Crippen MR) is 101 cm³/mol. The molecule has 0 saturated carbocycles. The molecule has 1 unspecified atom stereocenters. The Balaban J connectivity index is 2.29. The number of nitrogens with zero attached hydrogens (tertiary/aromatic N) is 7. The second-order valence-electron chi connectivity index (χ2n) is 6.42. The van der Waals surface area contributed by atoms with Gasteiger partial charge in [0.25, 0.3) is 5.69 Å². The summed E-state index contributed by atoms with van der Waals surface area (Å²) < 4.78 is 26.1. The van der Waals surface area contributed by atoms with E-state index >= 15 is 4.39 Å². The zero-order valence-corrected chi connectivity index (χ0v) is 15.7. The largest absolute Gasteiger partial charge is 0.453 e. The first kappa shape index (κ1) is 22.6. The smallest absolute Gasteiger partial charge is 0.338 e. The van der Waals surface area contributed by atoms with Gasteiger partial charge in [0, 0.05) is 34.1 Å². The first-order chi connectivity index (χ1) is 14.3. The van der Waals surface area contributed by atoms with E-state index in [1.807, 2.05) is 0 Å². The Morgan fingerprint density at radius 3 is 2.53 bits per heavy atom. The second-order valence-corrected chi connectivity index (χ2v) is 6.42. The van der Waals surface area contributed by atoms with Crippen molar-refractivity contribution in [1.82, 2.24) is 0 Å². The lowest BCUT2D eigenvalue weighted by atomic mass is 9.91. The minimum absolute atomic E-state index is 0.0418. The molecule has 0 spiro atoms. The number of benzene rings is 1. The number of hydrogen-bond acceptors (Lipinski definition) is 8. The summed E-state index contributed by atoms with van der Waals surface area (Å²) in [5, 5.41) is 25.0. The van der Waals surface area contributed by atoms with Gasteiger partial charge in [0.05, 0.1) is 29.2 Å². The van der Waals surface area contributed by atoms with Crippen molar-refractivity contribution in [3.05, 3.63) is 60.8 Å². The van der Waals surface area contributed by atoms with Gasteiger partial charge in [0.1, 0.15) is 6.10 Å². The van der Waals surface area contributed by atoms with E-state index in [0.29, 0.717) is 0 Å². The highest BCUT2D eigenvalue weighted by molar-refractivity contribution is 5.89. The molecule has 2 rings (SSSR count). The van der Waals surface area contributed by atoms with E-state index in [1.54, 1.807) is 0 Å². The van der Waals surface area contributed by atoms with Gasteiger partial charge in [-0.1, -0.05) is 10.2 Å². The molecule has 13 nitrogen and oxygen atoms in total. The number of nitrogens with one attached hydrogen (secondary N) is 1. The minimum atomic E-state index is -2.00. The number of halogens is 1. The highest BCUT2D eigenvalue weighted by Crippen LogP contribution is 2.31. The van der Waals surface area contributed by atoms with Crippen LogP contribution in [0.15, 0.2) is 34.5 Å². The number of azide groups is 2. The first-order valence-electron chi connectivity index (χ1n) is 8.62. The molecule has 1 fully saturated rings. The number of rotatable bonds is 8. The Morgan fingerprint density at radius 2 is 2.00 bits per heavy atom. The van der Waals surface area contributed by atoms with Crippen LogP contribution in [0.4, 0.5) is 10.1 Å². The highest BCUT2D eigenvalue weighted by atomic mass is 19.1. The summed E-state index contributed by atoms with van der Waals surface area (Å²) in [6.45, 7) is 1.10. The van der Waals surface area contributed by atoms with Crippen molar-refractivity contribution in [1.29, 1.82) is 5.41 Å². The number of non-ortho nitro benzene ring substituents is 1. The molecular weight excluding hydrogens is 403 g/mol. The summed E-state index contributed by atoms with van der Waals surface area (Å²) in [6.07, 6.45) is -5.82. The van der Waals surface area contributed by atoms with Crippen LogP contribution in [0, 0.1) is 15.5 Å². The van der Waals surface area contributed by atoms with E-state index in [4.69, 9.17) is 25.9 Å². The molecule has 5 atom stereocenters. The lowest BCUT2D eigenvalue weighted by molar-refractivity contribution is -0.384. The quantitative estimate of drug-likeness (QED) is 0.127. The van der Waals surface area contributed by atoms with Crippen molar-refractivity contribution in [2.75, 3.05) is 6.54 Å². The number of carbonyl (C=O) groups excluding carboxylic acids is 1. The van der Waals surface area contributed by atoms with Gasteiger partial charge in [-0.2, -0.15) is 0 Å². The Kier molecular flexibility index (Phi) is 7.64. The van der Waals surface area contributed by atoms with Crippen LogP contribution in [0.1, 0.15) is 23.7 Å². The van der Waals surface area contributed by atoms with E-state index in [9.17, 15) is 14.9 Å². The van der Waals surface area contributed by atoms with Crippen molar-refractivity contribution in [2.45, 2.75) is 43.9 Å². The maximum Gasteiger partial charge on any atom is 0.338 e. The standard InChI is InChI=1S/C16H17FN8O5/c1-8(18)6-11-14(22-24-20)13(17)15(12(29-11)7-21-23-19)30-16(26)9-2-4-10(5-3-9)25(27)28/h2-5,11-15,18H,6-7H2,1H3/t11?,12-,13-,14+,15+/m1/s1. The van der Waals surface area contributed by atoms with Crippen molar-refractivity contribution in [3.63, 3.8) is 0 Å². The van der Waals surface area contributed by atoms with Crippen molar-refractivity contribution >= 4 is 17.4 Å². The number of esters is 1. The van der Waals surface area contributed by atoms with Crippen LogP contribution >= 0.6 is 0 Å². The molecule has 14 heteroatoms. The van der Waals surface area contributed by atoms with Gasteiger partial charge < -0.3 is 14.9 Å². The molecule has 0 aliphatic carbocycles. The molecule has 1 aromatic rings. The SMILES string of the molecule is CC(=N)CC1O[C@H](CN=[N+]=[N-])[C@H](OC(=O)c2ccc([N+](=O)[O-])cc2)[C@H](F)[C@H]1N=[N+]=[N-]. The minimum Gasteiger partial charge on any atom is -0.453 e. The van der Waals surface area contributed by atoms with E-state index in [1.165, 1.54) is 6.92 Å². The van der Waals surface area contributed by atoms with Gasteiger partial charge in [0.15, 0.2) is 12.3 Å². The third-order valence-electron chi connectivity index (χ3n) is 4.31. The fraction of sp³-hybridized carbons (Fsp3) is 0.500. The average Bonchev–Trinajstić information content (AvgIpc) is 2.71. The van der Waals surface area contributed by atoms with E-state index in [2.05, 4.69) is 20.1 Å². The summed E-state index contributed by atoms with van der Waals surface area (Å²) >= 11 is 0. The monoisotopic (exact) mass is 420 g/mol. The predicted octanol–water partition coefficient (Wildman–Crippen LogP) is 3.64. The second kappa shape index (κ2) is 10.2. The number of nitro benzene ring substituents is 1. The molecule has 1 N–H and O–H groups in total. The Hall–Kier alpha value is -3.73. The summed E-state index contributed by atoms with van der Waals surface area (Å²) in [4.78, 5) is 27.7. The lowest BCUT2D eigenvalue weighted by Crippen LogP contribution is -2.57. The van der Waals surface area contributed by atoms with Crippen molar-refractivity contribution < 1.29 is 23.6 Å². The van der Waals surface area contributed by atoms with Crippen LogP contribution in [0.5, 0.6) is 0 Å². The fourth-order valence-electron chi connectivity index (χ4n) is 2.97. The third-order valence-corrected chi connectivity index (χ3v) is 4.31. The van der Waals surface area contributed by atoms with Gasteiger partial charge in [-0.25, -0.2) is 9.18 Å². The molecule has 158 valence electrons. The normalized spacial score (nSPS) is 25.3. The number of hydrogen-bond donors (Lipinski definition) is 1. The first-order valence-corrected chi connectivity index (χ1v) is 8.62. The Morgan fingerprint density at radius 1 is 1.33 bits per heavy atom. The molecular formula is C16H17FN8O5. The Bertz CT molecular complexity index is 911. The maximum absolute atomic E-state index is 15.2. The number of carbonyl (C=O) groups is 1. The van der Waals surface area contributed by atoms with Crippen LogP contribution in [-0.4, -0.2) is 53.7 Å². The van der Waals surface area contributed by atoms with Crippen LogP contribution in [-0.2, 0) is 9.47 Å². The molecule has 1 heterocycles. The average molecular weight is 420 g/mol. The lowest BCUT2D eigenvalue weighted by Gasteiger charge is -2.41. The Labute approximate surface area is 168 Å². The molecule has 1 aliphatic heterocycles. The van der Waals surface area contributed by atoms with Crippen molar-refractivity contribution in [3.8, 4) is 0 Å². The van der Waals surface area contributed by atoms with Crippen LogP contribution in [0.3, 0.4) is 0 Å². The maximum atomic E-state index is 15.2. The van der Waals surface area contributed by atoms with Gasteiger partial charge in [-0.15, -0.1) is 0 Å². The summed E-state index contributed by atoms with van der Waals surface area (Å²) in [6, 6.07) is 3.08. The zero-order chi connectivity index (χ0) is 22.3. The third kappa shape index (κ3) is 5.41. The van der Waals surface area contributed by atoms with Crippen LogP contribution in [0.25, 0.3) is 20.9 Å². The van der Waals surface area contributed by atoms with Gasteiger partial charge >= 0.3 is 5.97 Å². The topological polar surface area (TPSA) is 200 Å². The van der Waals surface area contributed by atoms with E-state index in [-0.39, 0.29) is 29.9 Å². The fourth-order valence-corrected chi connectivity index (χ4v) is 2.97. The zero-order valence-electron chi connectivity index (χ0n) is 15.7. The summed E-state index contributed by atoms with van der Waals surface area (Å²) in [5.41, 5.74) is 17.2. The van der Waals surface area contributed by atoms with Gasteiger partial charge in [-0.05, 0) is 30.1 Å². The molecule has 0 radical (unpaired) electrons. The molecule has 1 saturated heterocycles. The van der Waals surface area contributed by atoms with E-state index in [0.717, 1.165) is 24.3 Å².